The van der Waals surface area contributed by atoms with Gasteiger partial charge in [0.05, 0.1) is 11.7 Å². The fraction of sp³-hybridized carbons (Fsp3) is 0.207. The predicted octanol–water partition coefficient (Wildman–Crippen LogP) is 6.37. The molecule has 0 unspecified atom stereocenters. The monoisotopic (exact) mass is 546 g/mol. The van der Waals surface area contributed by atoms with Crippen molar-refractivity contribution in [1.29, 1.82) is 0 Å². The van der Waals surface area contributed by atoms with E-state index >= 15 is 0 Å². The summed E-state index contributed by atoms with van der Waals surface area (Å²) >= 11 is 12.2. The molecule has 4 aromatic rings. The number of thiocarbonyl (C=S) groups is 1. The predicted molar refractivity (Wildman–Crippen MR) is 154 cm³/mol. The van der Waals surface area contributed by atoms with Crippen LogP contribution < -0.4 is 15.5 Å². The highest BCUT2D eigenvalue weighted by Gasteiger charge is 2.42. The number of halogens is 1. The zero-order valence-electron chi connectivity index (χ0n) is 21.2. The van der Waals surface area contributed by atoms with Crippen molar-refractivity contribution in [2.45, 2.75) is 25.9 Å². The SMILES string of the molecule is COCC(=O)Nc1ccc(N2C(=S)N[C@H](c3ccccn3)[C@@H]2c2ccc(-c3cccc(Cl)c3C)o2)cc1C. The summed E-state index contributed by atoms with van der Waals surface area (Å²) in [6.45, 7) is 3.91. The minimum absolute atomic E-state index is 0.0118. The van der Waals surface area contributed by atoms with Gasteiger partial charge in [0.1, 0.15) is 24.2 Å². The molecule has 2 aromatic carbocycles. The van der Waals surface area contributed by atoms with Crippen molar-refractivity contribution in [1.82, 2.24) is 10.3 Å². The Hall–Kier alpha value is -3.72. The summed E-state index contributed by atoms with van der Waals surface area (Å²) in [6.07, 6.45) is 1.77. The van der Waals surface area contributed by atoms with Gasteiger partial charge in [0, 0.05) is 35.3 Å². The normalized spacial score (nSPS) is 16.9. The van der Waals surface area contributed by atoms with Crippen LogP contribution in [0.25, 0.3) is 11.3 Å². The lowest BCUT2D eigenvalue weighted by Gasteiger charge is -2.27. The number of pyridine rings is 1. The van der Waals surface area contributed by atoms with Crippen LogP contribution in [0.3, 0.4) is 0 Å². The molecular formula is C29H27ClN4O3S. The Labute approximate surface area is 231 Å². The maximum atomic E-state index is 12.1. The number of carbonyl (C=O) groups is 1. The van der Waals surface area contributed by atoms with Crippen LogP contribution >= 0.6 is 23.8 Å². The number of hydrogen-bond donors (Lipinski definition) is 2. The van der Waals surface area contributed by atoms with Crippen molar-refractivity contribution < 1.29 is 13.9 Å². The molecule has 5 rings (SSSR count). The van der Waals surface area contributed by atoms with Gasteiger partial charge >= 0.3 is 0 Å². The summed E-state index contributed by atoms with van der Waals surface area (Å²) in [7, 11) is 1.49. The van der Waals surface area contributed by atoms with Crippen molar-refractivity contribution in [2.75, 3.05) is 23.9 Å². The van der Waals surface area contributed by atoms with Gasteiger partial charge in [0.2, 0.25) is 5.91 Å². The highest BCUT2D eigenvalue weighted by molar-refractivity contribution is 7.80. The Kier molecular flexibility index (Phi) is 7.46. The first-order valence-corrected chi connectivity index (χ1v) is 12.9. The number of methoxy groups -OCH3 is 1. The van der Waals surface area contributed by atoms with Gasteiger partial charge in [-0.15, -0.1) is 0 Å². The number of rotatable bonds is 7. The van der Waals surface area contributed by atoms with Crippen LogP contribution in [0.2, 0.25) is 5.02 Å². The van der Waals surface area contributed by atoms with Crippen LogP contribution in [-0.4, -0.2) is 29.7 Å². The topological polar surface area (TPSA) is 79.6 Å². The molecule has 0 aliphatic carbocycles. The van der Waals surface area contributed by atoms with Gasteiger partial charge in [0.25, 0.3) is 0 Å². The standard InChI is InChI=1S/C29H27ClN4O3S/c1-17-15-19(10-11-22(17)32-26(35)16-36-3)34-28(27(33-29(34)38)23-9-4-5-14-31-23)25-13-12-24(37-25)20-7-6-8-21(30)18(20)2/h4-15,27-28H,16H2,1-3H3,(H,32,35)(H,33,38)/t27-,28+/m1/s1. The molecule has 1 fully saturated rings. The summed E-state index contributed by atoms with van der Waals surface area (Å²) in [5.41, 5.74) is 5.21. The fourth-order valence-corrected chi connectivity index (χ4v) is 5.23. The molecule has 0 radical (unpaired) electrons. The van der Waals surface area contributed by atoms with E-state index in [1.54, 1.807) is 6.20 Å². The first kappa shape index (κ1) is 25.9. The first-order chi connectivity index (χ1) is 18.4. The number of aromatic nitrogens is 1. The van der Waals surface area contributed by atoms with Crippen LogP contribution in [0.1, 0.15) is 34.7 Å². The molecule has 2 N–H and O–H groups in total. The number of benzene rings is 2. The van der Waals surface area contributed by atoms with Crippen LogP contribution in [0.4, 0.5) is 11.4 Å². The Bertz CT molecular complexity index is 1490. The summed E-state index contributed by atoms with van der Waals surface area (Å²) < 4.78 is 11.4. The molecule has 0 spiro atoms. The molecule has 2 aromatic heterocycles. The quantitative estimate of drug-likeness (QED) is 0.261. The summed E-state index contributed by atoms with van der Waals surface area (Å²) in [6, 6.07) is 20.8. The molecule has 2 atom stereocenters. The number of carbonyl (C=O) groups excluding carboxylic acids is 1. The summed E-state index contributed by atoms with van der Waals surface area (Å²) in [5, 5.41) is 7.57. The molecule has 194 valence electrons. The fourth-order valence-electron chi connectivity index (χ4n) is 4.71. The van der Waals surface area contributed by atoms with Crippen molar-refractivity contribution in [2.24, 2.45) is 0 Å². The number of aryl methyl sites for hydroxylation is 1. The molecule has 7 nitrogen and oxygen atoms in total. The molecular weight excluding hydrogens is 520 g/mol. The van der Waals surface area contributed by atoms with Crippen molar-refractivity contribution in [3.05, 3.63) is 101 Å². The van der Waals surface area contributed by atoms with Crippen LogP contribution in [0.5, 0.6) is 0 Å². The van der Waals surface area contributed by atoms with E-state index in [1.807, 2.05) is 85.5 Å². The number of anilines is 2. The average molecular weight is 547 g/mol. The van der Waals surface area contributed by atoms with Gasteiger partial charge in [-0.2, -0.15) is 0 Å². The van der Waals surface area contributed by atoms with Crippen molar-refractivity contribution in [3.8, 4) is 11.3 Å². The zero-order valence-corrected chi connectivity index (χ0v) is 22.8. The largest absolute Gasteiger partial charge is 0.459 e. The van der Waals surface area contributed by atoms with Gasteiger partial charge in [-0.1, -0.05) is 29.8 Å². The second-order valence-electron chi connectivity index (χ2n) is 9.09. The Morgan fingerprint density at radius 2 is 2.00 bits per heavy atom. The van der Waals surface area contributed by atoms with E-state index in [-0.39, 0.29) is 24.6 Å². The molecule has 1 amide bonds. The highest BCUT2D eigenvalue weighted by atomic mass is 35.5. The van der Waals surface area contributed by atoms with E-state index in [2.05, 4.69) is 15.6 Å². The number of nitrogens with zero attached hydrogens (tertiary/aromatic N) is 2. The molecule has 0 saturated carbocycles. The lowest BCUT2D eigenvalue weighted by molar-refractivity contribution is -0.119. The number of hydrogen-bond acceptors (Lipinski definition) is 5. The molecule has 9 heteroatoms. The van der Waals surface area contributed by atoms with Gasteiger partial charge in [-0.3, -0.25) is 9.78 Å². The number of amides is 1. The van der Waals surface area contributed by atoms with E-state index in [1.165, 1.54) is 7.11 Å². The molecule has 0 bridgehead atoms. The summed E-state index contributed by atoms with van der Waals surface area (Å²) in [4.78, 5) is 18.7. The maximum absolute atomic E-state index is 12.1. The third-order valence-corrected chi connectivity index (χ3v) is 7.31. The Balaban J connectivity index is 1.55. The average Bonchev–Trinajstić information content (AvgIpc) is 3.52. The van der Waals surface area contributed by atoms with E-state index in [9.17, 15) is 4.79 Å². The van der Waals surface area contributed by atoms with Crippen LogP contribution in [0.15, 0.2) is 77.3 Å². The minimum atomic E-state index is -0.307. The van der Waals surface area contributed by atoms with Gasteiger partial charge in [-0.05, 0) is 85.7 Å². The molecule has 1 aliphatic rings. The van der Waals surface area contributed by atoms with Gasteiger partial charge < -0.3 is 24.7 Å². The van der Waals surface area contributed by atoms with E-state index in [4.69, 9.17) is 33.0 Å². The van der Waals surface area contributed by atoms with Crippen LogP contribution in [0, 0.1) is 13.8 Å². The lowest BCUT2D eigenvalue weighted by atomic mass is 10.0. The number of furan rings is 1. The van der Waals surface area contributed by atoms with Crippen LogP contribution in [-0.2, 0) is 9.53 Å². The van der Waals surface area contributed by atoms with Gasteiger partial charge in [-0.25, -0.2) is 0 Å². The maximum Gasteiger partial charge on any atom is 0.250 e. The second kappa shape index (κ2) is 10.9. The Morgan fingerprint density at radius 1 is 1.16 bits per heavy atom. The zero-order chi connectivity index (χ0) is 26.8. The van der Waals surface area contributed by atoms with Crippen molar-refractivity contribution in [3.63, 3.8) is 0 Å². The highest BCUT2D eigenvalue weighted by Crippen LogP contribution is 2.44. The molecule has 1 saturated heterocycles. The van der Waals surface area contributed by atoms with E-state index in [0.29, 0.717) is 15.8 Å². The van der Waals surface area contributed by atoms with Crippen molar-refractivity contribution >= 4 is 46.2 Å². The third-order valence-electron chi connectivity index (χ3n) is 6.59. The molecule has 38 heavy (non-hydrogen) atoms. The first-order valence-electron chi connectivity index (χ1n) is 12.1. The number of nitrogens with one attached hydrogen (secondary N) is 2. The molecule has 3 heterocycles. The van der Waals surface area contributed by atoms with E-state index in [0.717, 1.165) is 39.6 Å². The smallest absolute Gasteiger partial charge is 0.250 e. The Morgan fingerprint density at radius 3 is 2.74 bits per heavy atom. The second-order valence-corrected chi connectivity index (χ2v) is 9.89. The summed E-state index contributed by atoms with van der Waals surface area (Å²) in [5.74, 6) is 1.25. The van der Waals surface area contributed by atoms with Gasteiger partial charge in [0.15, 0.2) is 5.11 Å². The minimum Gasteiger partial charge on any atom is -0.459 e. The lowest BCUT2D eigenvalue weighted by Crippen LogP contribution is -2.29. The third kappa shape index (κ3) is 5.03. The number of ether oxygens (including phenoxy) is 1. The molecule has 1 aliphatic heterocycles. The van der Waals surface area contributed by atoms with E-state index < -0.39 is 0 Å².